The van der Waals surface area contributed by atoms with Crippen LogP contribution in [-0.2, 0) is 10.8 Å². The second kappa shape index (κ2) is 8.33. The summed E-state index contributed by atoms with van der Waals surface area (Å²) in [4.78, 5) is 4.22. The van der Waals surface area contributed by atoms with Crippen molar-refractivity contribution in [2.45, 2.75) is 66.7 Å². The Bertz CT molecular complexity index is 514. The standard InChI is InChI=1S/C11H16.C9H12BN.CH4/c1-9-5-7-10(8-6-9)11(2,3)4;1-9(2,3)8-5-4-7(10)6-11-8;/h5-8H,1-4H3;4-6H,1-3H3;1H4. The van der Waals surface area contributed by atoms with Crippen molar-refractivity contribution in [2.75, 3.05) is 0 Å². The second-order valence-electron chi connectivity index (χ2n) is 7.84. The Morgan fingerprint density at radius 3 is 1.65 bits per heavy atom. The Morgan fingerprint density at radius 1 is 0.783 bits per heavy atom. The molecular formula is C21H32BN. The van der Waals surface area contributed by atoms with E-state index in [0.29, 0.717) is 0 Å². The molecule has 0 saturated heterocycles. The highest BCUT2D eigenvalue weighted by Gasteiger charge is 2.14. The van der Waals surface area contributed by atoms with E-state index in [-0.39, 0.29) is 18.3 Å². The third-order valence-electron chi connectivity index (χ3n) is 3.47. The van der Waals surface area contributed by atoms with Gasteiger partial charge in [-0.05, 0) is 24.0 Å². The van der Waals surface area contributed by atoms with Gasteiger partial charge < -0.3 is 0 Å². The van der Waals surface area contributed by atoms with E-state index in [4.69, 9.17) is 7.85 Å². The second-order valence-corrected chi connectivity index (χ2v) is 7.84. The zero-order chi connectivity index (χ0) is 17.0. The van der Waals surface area contributed by atoms with Crippen LogP contribution in [0, 0.1) is 6.92 Å². The fourth-order valence-corrected chi connectivity index (χ4v) is 1.90. The maximum atomic E-state index is 5.51. The quantitative estimate of drug-likeness (QED) is 0.617. The monoisotopic (exact) mass is 309 g/mol. The summed E-state index contributed by atoms with van der Waals surface area (Å²) in [5.74, 6) is 0. The van der Waals surface area contributed by atoms with Crippen molar-refractivity contribution in [3.63, 3.8) is 0 Å². The molecule has 0 aliphatic carbocycles. The minimum atomic E-state index is 0. The largest absolute Gasteiger partial charge is 0.261 e. The molecule has 0 atom stereocenters. The summed E-state index contributed by atoms with van der Waals surface area (Å²) < 4.78 is 0. The van der Waals surface area contributed by atoms with Crippen LogP contribution in [0.5, 0.6) is 0 Å². The van der Waals surface area contributed by atoms with E-state index in [9.17, 15) is 0 Å². The summed E-state index contributed by atoms with van der Waals surface area (Å²) in [5, 5.41) is 0. The molecule has 23 heavy (non-hydrogen) atoms. The number of aryl methyl sites for hydroxylation is 1. The first-order valence-corrected chi connectivity index (χ1v) is 7.79. The minimum Gasteiger partial charge on any atom is -0.261 e. The Morgan fingerprint density at radius 2 is 1.30 bits per heavy atom. The van der Waals surface area contributed by atoms with Gasteiger partial charge in [0.25, 0.3) is 0 Å². The molecule has 2 radical (unpaired) electrons. The smallest absolute Gasteiger partial charge is 0.115 e. The molecule has 1 nitrogen and oxygen atoms in total. The van der Waals surface area contributed by atoms with E-state index in [0.717, 1.165) is 11.2 Å². The first kappa shape index (κ1) is 21.4. The fraction of sp³-hybridized carbons (Fsp3) is 0.476. The van der Waals surface area contributed by atoms with Crippen molar-refractivity contribution >= 4 is 13.3 Å². The molecule has 0 amide bonds. The highest BCUT2D eigenvalue weighted by Crippen LogP contribution is 2.21. The van der Waals surface area contributed by atoms with Crippen LogP contribution < -0.4 is 5.46 Å². The molecule has 0 spiro atoms. The molecule has 1 aromatic heterocycles. The lowest BCUT2D eigenvalue weighted by Crippen LogP contribution is -2.15. The number of benzene rings is 1. The van der Waals surface area contributed by atoms with Gasteiger partial charge in [-0.1, -0.05) is 90.3 Å². The van der Waals surface area contributed by atoms with Crippen molar-refractivity contribution in [3.05, 3.63) is 59.4 Å². The van der Waals surface area contributed by atoms with Crippen molar-refractivity contribution in [1.29, 1.82) is 0 Å². The molecule has 0 aliphatic rings. The van der Waals surface area contributed by atoms with Crippen molar-refractivity contribution in [2.24, 2.45) is 0 Å². The number of aromatic nitrogens is 1. The lowest BCUT2D eigenvalue weighted by Gasteiger charge is -2.18. The van der Waals surface area contributed by atoms with Gasteiger partial charge in [0.2, 0.25) is 0 Å². The SMILES string of the molecule is C.Cc1ccc(C(C)(C)C)cc1.[B]c1ccc(C(C)(C)C)nc1. The van der Waals surface area contributed by atoms with E-state index in [2.05, 4.69) is 77.7 Å². The van der Waals surface area contributed by atoms with Crippen LogP contribution in [0.15, 0.2) is 42.6 Å². The van der Waals surface area contributed by atoms with Crippen LogP contribution >= 0.6 is 0 Å². The third-order valence-corrected chi connectivity index (χ3v) is 3.47. The Kier molecular flexibility index (Phi) is 7.77. The highest BCUT2D eigenvalue weighted by atomic mass is 14.7. The molecule has 124 valence electrons. The zero-order valence-electron chi connectivity index (χ0n) is 15.1. The molecule has 0 saturated carbocycles. The molecule has 0 N–H and O–H groups in total. The summed E-state index contributed by atoms with van der Waals surface area (Å²) in [6, 6.07) is 12.6. The molecule has 0 fully saturated rings. The summed E-state index contributed by atoms with van der Waals surface area (Å²) in [7, 11) is 5.51. The van der Waals surface area contributed by atoms with Gasteiger partial charge in [-0.25, -0.2) is 0 Å². The first-order chi connectivity index (χ1) is 10.00. The van der Waals surface area contributed by atoms with E-state index < -0.39 is 0 Å². The predicted molar refractivity (Wildman–Crippen MR) is 105 cm³/mol. The highest BCUT2D eigenvalue weighted by molar-refractivity contribution is 6.32. The molecule has 0 bridgehead atoms. The average Bonchev–Trinajstić information content (AvgIpc) is 2.38. The van der Waals surface area contributed by atoms with Gasteiger partial charge in [0.15, 0.2) is 0 Å². The molecule has 2 rings (SSSR count). The van der Waals surface area contributed by atoms with E-state index >= 15 is 0 Å². The third kappa shape index (κ3) is 7.50. The van der Waals surface area contributed by atoms with Crippen LogP contribution in [0.4, 0.5) is 0 Å². The van der Waals surface area contributed by atoms with Gasteiger partial charge >= 0.3 is 0 Å². The maximum Gasteiger partial charge on any atom is 0.115 e. The van der Waals surface area contributed by atoms with Crippen LogP contribution in [0.25, 0.3) is 0 Å². The lowest BCUT2D eigenvalue weighted by molar-refractivity contribution is 0.569. The first-order valence-electron chi connectivity index (χ1n) is 7.79. The van der Waals surface area contributed by atoms with Gasteiger partial charge in [-0.3, -0.25) is 4.98 Å². The fourth-order valence-electron chi connectivity index (χ4n) is 1.90. The van der Waals surface area contributed by atoms with Crippen LogP contribution in [0.3, 0.4) is 0 Å². The van der Waals surface area contributed by atoms with Gasteiger partial charge in [-0.2, -0.15) is 0 Å². The van der Waals surface area contributed by atoms with E-state index in [1.807, 2.05) is 12.1 Å². The Balaban J connectivity index is 0.000000403. The topological polar surface area (TPSA) is 12.9 Å². The summed E-state index contributed by atoms with van der Waals surface area (Å²) in [6.45, 7) is 15.2. The lowest BCUT2D eigenvalue weighted by atomic mass is 9.87. The van der Waals surface area contributed by atoms with E-state index in [1.54, 1.807) is 6.20 Å². The molecule has 0 unspecified atom stereocenters. The summed E-state index contributed by atoms with van der Waals surface area (Å²) in [6.07, 6.45) is 1.70. The molecule has 2 heteroatoms. The van der Waals surface area contributed by atoms with Crippen LogP contribution in [0.2, 0.25) is 0 Å². The molecule has 1 heterocycles. The maximum absolute atomic E-state index is 5.51. The van der Waals surface area contributed by atoms with Crippen molar-refractivity contribution in [1.82, 2.24) is 4.98 Å². The van der Waals surface area contributed by atoms with Gasteiger partial charge in [0.05, 0.1) is 0 Å². The Hall–Kier alpha value is -1.57. The van der Waals surface area contributed by atoms with Crippen LogP contribution in [0.1, 0.15) is 65.8 Å². The van der Waals surface area contributed by atoms with E-state index in [1.165, 1.54) is 11.1 Å². The average molecular weight is 309 g/mol. The van der Waals surface area contributed by atoms with Crippen molar-refractivity contribution < 1.29 is 0 Å². The van der Waals surface area contributed by atoms with Crippen LogP contribution in [-0.4, -0.2) is 12.8 Å². The van der Waals surface area contributed by atoms with Gasteiger partial charge in [0, 0.05) is 17.3 Å². The predicted octanol–water partition coefficient (Wildman–Crippen LogP) is 5.10. The number of rotatable bonds is 0. The Labute approximate surface area is 145 Å². The summed E-state index contributed by atoms with van der Waals surface area (Å²) in [5.41, 5.74) is 4.94. The molecule has 0 aliphatic heterocycles. The summed E-state index contributed by atoms with van der Waals surface area (Å²) >= 11 is 0. The normalized spacial score (nSPS) is 11.1. The van der Waals surface area contributed by atoms with Gasteiger partial charge in [-0.15, -0.1) is 0 Å². The van der Waals surface area contributed by atoms with Crippen molar-refractivity contribution in [3.8, 4) is 0 Å². The minimum absolute atomic E-state index is 0. The number of nitrogens with zero attached hydrogens (tertiary/aromatic N) is 1. The van der Waals surface area contributed by atoms with Gasteiger partial charge in [0.1, 0.15) is 7.85 Å². The number of hydrogen-bond donors (Lipinski definition) is 0. The number of pyridine rings is 1. The number of hydrogen-bond acceptors (Lipinski definition) is 1. The molecular weight excluding hydrogens is 277 g/mol. The zero-order valence-corrected chi connectivity index (χ0v) is 15.1. The molecule has 1 aromatic carbocycles. The molecule has 2 aromatic rings.